The first-order chi connectivity index (χ1) is 6.34. The largest absolute Gasteiger partial charge is 0.507 e. The molecule has 0 fully saturated rings. The van der Waals surface area contributed by atoms with Crippen molar-refractivity contribution in [2.75, 3.05) is 0 Å². The number of phenolic OH excluding ortho intramolecular Hbond substituents is 1. The number of phenols is 1. The third kappa shape index (κ3) is 1.84. The highest BCUT2D eigenvalue weighted by Gasteiger charge is 2.42. The number of Topliss-reactive ketones (excluding diaryl/α,β-unsaturated/α-hetero) is 1. The summed E-state index contributed by atoms with van der Waals surface area (Å²) >= 11 is 0. The van der Waals surface area contributed by atoms with Gasteiger partial charge in [0.15, 0.2) is 0 Å². The van der Waals surface area contributed by atoms with Crippen molar-refractivity contribution < 1.29 is 27.5 Å². The van der Waals surface area contributed by atoms with Crippen molar-refractivity contribution in [2.45, 2.75) is 6.18 Å². The summed E-state index contributed by atoms with van der Waals surface area (Å²) in [5, 5.41) is 8.86. The summed E-state index contributed by atoms with van der Waals surface area (Å²) in [5.74, 6) is -4.81. The molecule has 0 unspecified atom stereocenters. The van der Waals surface area contributed by atoms with Crippen LogP contribution in [0.25, 0.3) is 0 Å². The van der Waals surface area contributed by atoms with Gasteiger partial charge in [-0.05, 0) is 12.1 Å². The number of aromatic hydroxyl groups is 1. The number of carbonyl (C=O) groups is 1. The Bertz CT molecular complexity index is 350. The number of hydrogen-bond acceptors (Lipinski definition) is 2. The van der Waals surface area contributed by atoms with Crippen LogP contribution < -0.4 is 0 Å². The van der Waals surface area contributed by atoms with Crippen LogP contribution in [-0.2, 0) is 0 Å². The summed E-state index contributed by atoms with van der Waals surface area (Å²) in [7, 11) is 0. The van der Waals surface area contributed by atoms with Gasteiger partial charge in [0.1, 0.15) is 17.1 Å². The first-order valence-electron chi connectivity index (χ1n) is 3.43. The molecule has 14 heavy (non-hydrogen) atoms. The quantitative estimate of drug-likeness (QED) is 0.567. The molecule has 0 saturated carbocycles. The van der Waals surface area contributed by atoms with Crippen molar-refractivity contribution in [2.24, 2.45) is 0 Å². The normalized spacial score (nSPS) is 11.4. The van der Waals surface area contributed by atoms with Crippen LogP contribution in [0.3, 0.4) is 0 Å². The minimum absolute atomic E-state index is 0.665. The molecule has 0 atom stereocenters. The molecule has 1 rings (SSSR count). The van der Waals surface area contributed by atoms with Crippen molar-refractivity contribution in [1.82, 2.24) is 0 Å². The maximum absolute atomic E-state index is 12.8. The van der Waals surface area contributed by atoms with E-state index in [1.54, 1.807) is 0 Å². The van der Waals surface area contributed by atoms with Gasteiger partial charge in [-0.25, -0.2) is 4.39 Å². The molecule has 2 nitrogen and oxygen atoms in total. The van der Waals surface area contributed by atoms with Crippen molar-refractivity contribution in [3.8, 4) is 5.75 Å². The highest BCUT2D eigenvalue weighted by Crippen LogP contribution is 2.28. The van der Waals surface area contributed by atoms with E-state index in [9.17, 15) is 22.4 Å². The van der Waals surface area contributed by atoms with E-state index in [1.807, 2.05) is 0 Å². The minimum Gasteiger partial charge on any atom is -0.507 e. The molecular formula is C8H4F4O2. The van der Waals surface area contributed by atoms with Crippen molar-refractivity contribution in [3.63, 3.8) is 0 Å². The van der Waals surface area contributed by atoms with Crippen LogP contribution in [0, 0.1) is 5.82 Å². The average molecular weight is 208 g/mol. The van der Waals surface area contributed by atoms with Crippen LogP contribution in [0.5, 0.6) is 5.75 Å². The number of halogens is 4. The lowest BCUT2D eigenvalue weighted by molar-refractivity contribution is -0.0889. The molecule has 0 saturated heterocycles. The van der Waals surface area contributed by atoms with E-state index < -0.39 is 29.1 Å². The van der Waals surface area contributed by atoms with Crippen LogP contribution >= 0.6 is 0 Å². The minimum atomic E-state index is -5.19. The number of rotatable bonds is 1. The lowest BCUT2D eigenvalue weighted by atomic mass is 10.1. The van der Waals surface area contributed by atoms with Gasteiger partial charge in [0.05, 0.1) is 0 Å². The third-order valence-electron chi connectivity index (χ3n) is 1.48. The van der Waals surface area contributed by atoms with Gasteiger partial charge < -0.3 is 5.11 Å². The topological polar surface area (TPSA) is 37.3 Å². The van der Waals surface area contributed by atoms with Crippen LogP contribution in [0.15, 0.2) is 18.2 Å². The van der Waals surface area contributed by atoms with Gasteiger partial charge in [0.2, 0.25) is 0 Å². The van der Waals surface area contributed by atoms with Gasteiger partial charge in [0, 0.05) is 0 Å². The number of carbonyl (C=O) groups excluding carboxylic acids is 1. The van der Waals surface area contributed by atoms with E-state index >= 15 is 0 Å². The summed E-state index contributed by atoms with van der Waals surface area (Å²) in [4.78, 5) is 10.6. The van der Waals surface area contributed by atoms with Crippen molar-refractivity contribution in [3.05, 3.63) is 29.6 Å². The van der Waals surface area contributed by atoms with E-state index in [1.165, 1.54) is 0 Å². The van der Waals surface area contributed by atoms with Crippen LogP contribution in [0.2, 0.25) is 0 Å². The second-order valence-corrected chi connectivity index (χ2v) is 2.46. The zero-order valence-corrected chi connectivity index (χ0v) is 6.60. The van der Waals surface area contributed by atoms with Gasteiger partial charge in [-0.2, -0.15) is 13.2 Å². The fraction of sp³-hybridized carbons (Fsp3) is 0.125. The highest BCUT2D eigenvalue weighted by molar-refractivity contribution is 6.02. The Hall–Kier alpha value is -1.59. The van der Waals surface area contributed by atoms with Crippen molar-refractivity contribution >= 4 is 5.78 Å². The Morgan fingerprint density at radius 1 is 1.29 bits per heavy atom. The molecule has 0 radical (unpaired) electrons. The lowest BCUT2D eigenvalue weighted by Gasteiger charge is -2.07. The second-order valence-electron chi connectivity index (χ2n) is 2.46. The molecule has 1 aromatic carbocycles. The first-order valence-corrected chi connectivity index (χ1v) is 3.43. The number of benzene rings is 1. The Kier molecular flexibility index (Phi) is 2.46. The summed E-state index contributed by atoms with van der Waals surface area (Å²) in [6, 6.07) is 2.47. The zero-order chi connectivity index (χ0) is 10.9. The van der Waals surface area contributed by atoms with Gasteiger partial charge >= 0.3 is 6.18 Å². The summed E-state index contributed by atoms with van der Waals surface area (Å²) < 4.78 is 48.4. The molecule has 0 amide bonds. The van der Waals surface area contributed by atoms with E-state index in [0.717, 1.165) is 12.1 Å². The number of hydrogen-bond donors (Lipinski definition) is 1. The van der Waals surface area contributed by atoms with E-state index in [4.69, 9.17) is 5.11 Å². The summed E-state index contributed by atoms with van der Waals surface area (Å²) in [5.41, 5.74) is -1.35. The SMILES string of the molecule is O=C(c1c(O)cccc1F)C(F)(F)F. The Labute approximate surface area is 75.8 Å². The second kappa shape index (κ2) is 3.28. The molecule has 0 aliphatic rings. The molecular weight excluding hydrogens is 204 g/mol. The summed E-state index contributed by atoms with van der Waals surface area (Å²) in [6.45, 7) is 0. The molecule has 0 aliphatic carbocycles. The fourth-order valence-corrected chi connectivity index (χ4v) is 0.879. The van der Waals surface area contributed by atoms with E-state index in [2.05, 4.69) is 0 Å². The van der Waals surface area contributed by atoms with Crippen LogP contribution in [0.4, 0.5) is 17.6 Å². The Morgan fingerprint density at radius 2 is 1.86 bits per heavy atom. The Balaban J connectivity index is 3.26. The van der Waals surface area contributed by atoms with Gasteiger partial charge in [-0.1, -0.05) is 6.07 Å². The fourth-order valence-electron chi connectivity index (χ4n) is 0.879. The highest BCUT2D eigenvalue weighted by atomic mass is 19.4. The average Bonchev–Trinajstić information content (AvgIpc) is 2.01. The Morgan fingerprint density at radius 3 is 2.29 bits per heavy atom. The first kappa shape index (κ1) is 10.5. The molecule has 0 aromatic heterocycles. The van der Waals surface area contributed by atoms with Gasteiger partial charge in [-0.3, -0.25) is 4.79 Å². The molecule has 6 heteroatoms. The van der Waals surface area contributed by atoms with Crippen molar-refractivity contribution in [1.29, 1.82) is 0 Å². The summed E-state index contributed by atoms with van der Waals surface area (Å²) in [6.07, 6.45) is -5.19. The molecule has 1 N–H and O–H groups in total. The predicted octanol–water partition coefficient (Wildman–Crippen LogP) is 2.28. The number of alkyl halides is 3. The zero-order valence-electron chi connectivity index (χ0n) is 6.60. The smallest absolute Gasteiger partial charge is 0.455 e. The molecule has 0 spiro atoms. The predicted molar refractivity (Wildman–Crippen MR) is 38.5 cm³/mol. The molecule has 0 aliphatic heterocycles. The monoisotopic (exact) mass is 208 g/mol. The third-order valence-corrected chi connectivity index (χ3v) is 1.48. The van der Waals surface area contributed by atoms with E-state index in [-0.39, 0.29) is 0 Å². The maximum Gasteiger partial charge on any atom is 0.455 e. The number of ketones is 1. The molecule has 0 bridgehead atoms. The molecule has 1 aromatic rings. The van der Waals surface area contributed by atoms with E-state index in [0.29, 0.717) is 6.07 Å². The van der Waals surface area contributed by atoms with Gasteiger partial charge in [-0.15, -0.1) is 0 Å². The van der Waals surface area contributed by atoms with Gasteiger partial charge in [0.25, 0.3) is 5.78 Å². The standard InChI is InChI=1S/C8H4F4O2/c9-4-2-1-3-5(13)6(4)7(14)8(10,11)12/h1-3,13H. The van der Waals surface area contributed by atoms with Crippen LogP contribution in [0.1, 0.15) is 10.4 Å². The lowest BCUT2D eigenvalue weighted by Crippen LogP contribution is -2.23. The maximum atomic E-state index is 12.8. The molecule has 0 heterocycles. The molecule has 76 valence electrons. The van der Waals surface area contributed by atoms with Crippen LogP contribution in [-0.4, -0.2) is 17.1 Å².